The zero-order valence-corrected chi connectivity index (χ0v) is 19.6. The fourth-order valence-electron chi connectivity index (χ4n) is 2.13. The van der Waals surface area contributed by atoms with Crippen LogP contribution in [0.15, 0.2) is 39.5 Å². The number of benzene rings is 1. The standard InChI is InChI=1S/C17H25N5O2S2.HI/c1-4-19-17(21-10-16-22-15(11-25-16)12(2)3)20-9-13-5-7-14(8-6-13)26(18,23)24;/h5-8,11-12H,4,9-10H2,1-3H3,(H2,18,23,24)(H2,19,20,21);1H. The van der Waals surface area contributed by atoms with Crippen LogP contribution in [-0.4, -0.2) is 25.9 Å². The molecular weight excluding hydrogens is 497 g/mol. The van der Waals surface area contributed by atoms with Gasteiger partial charge in [-0.1, -0.05) is 26.0 Å². The molecule has 0 aliphatic rings. The van der Waals surface area contributed by atoms with Crippen molar-refractivity contribution in [2.24, 2.45) is 10.1 Å². The van der Waals surface area contributed by atoms with E-state index >= 15 is 0 Å². The van der Waals surface area contributed by atoms with Gasteiger partial charge in [-0.3, -0.25) is 0 Å². The van der Waals surface area contributed by atoms with Crippen molar-refractivity contribution in [3.05, 3.63) is 45.9 Å². The second-order valence-corrected chi connectivity index (χ2v) is 8.56. The molecule has 0 saturated heterocycles. The monoisotopic (exact) mass is 523 g/mol. The Labute approximate surface area is 182 Å². The lowest BCUT2D eigenvalue weighted by Gasteiger charge is -2.10. The number of thiazole rings is 1. The van der Waals surface area contributed by atoms with Gasteiger partial charge in [0.1, 0.15) is 5.01 Å². The van der Waals surface area contributed by atoms with Crippen LogP contribution in [0.4, 0.5) is 0 Å². The van der Waals surface area contributed by atoms with E-state index in [0.717, 1.165) is 22.8 Å². The Bertz CT molecular complexity index is 848. The minimum Gasteiger partial charge on any atom is -0.357 e. The Morgan fingerprint density at radius 1 is 1.26 bits per heavy atom. The van der Waals surface area contributed by atoms with Gasteiger partial charge in [-0.05, 0) is 30.5 Å². The SMILES string of the molecule is CCNC(=NCc1ccc(S(N)(=O)=O)cc1)NCc1nc(C(C)C)cs1.I. The molecule has 0 bridgehead atoms. The predicted octanol–water partition coefficient (Wildman–Crippen LogP) is 2.79. The topological polar surface area (TPSA) is 109 Å². The summed E-state index contributed by atoms with van der Waals surface area (Å²) in [5.74, 6) is 1.10. The van der Waals surface area contributed by atoms with E-state index in [4.69, 9.17) is 5.14 Å². The molecule has 2 aromatic rings. The van der Waals surface area contributed by atoms with E-state index in [0.29, 0.717) is 25.0 Å². The van der Waals surface area contributed by atoms with E-state index in [-0.39, 0.29) is 28.9 Å². The maximum absolute atomic E-state index is 11.3. The molecule has 150 valence electrons. The van der Waals surface area contributed by atoms with Gasteiger partial charge in [0, 0.05) is 11.9 Å². The van der Waals surface area contributed by atoms with Crippen molar-refractivity contribution < 1.29 is 8.42 Å². The fraction of sp³-hybridized carbons (Fsp3) is 0.412. The van der Waals surface area contributed by atoms with Gasteiger partial charge in [0.25, 0.3) is 0 Å². The van der Waals surface area contributed by atoms with Crippen LogP contribution in [0, 0.1) is 0 Å². The average Bonchev–Trinajstić information content (AvgIpc) is 3.06. The van der Waals surface area contributed by atoms with Gasteiger partial charge in [0.2, 0.25) is 10.0 Å². The highest BCUT2D eigenvalue weighted by molar-refractivity contribution is 14.0. The fourth-order valence-corrected chi connectivity index (χ4v) is 3.54. The molecule has 1 heterocycles. The van der Waals surface area contributed by atoms with E-state index in [9.17, 15) is 8.42 Å². The molecule has 0 saturated carbocycles. The van der Waals surface area contributed by atoms with Gasteiger partial charge in [-0.15, -0.1) is 35.3 Å². The summed E-state index contributed by atoms with van der Waals surface area (Å²) < 4.78 is 22.6. The summed E-state index contributed by atoms with van der Waals surface area (Å²) in [7, 11) is -3.67. The minimum atomic E-state index is -3.67. The number of nitrogens with two attached hydrogens (primary N) is 1. The molecule has 27 heavy (non-hydrogen) atoms. The summed E-state index contributed by atoms with van der Waals surface area (Å²) in [4.78, 5) is 9.22. The van der Waals surface area contributed by atoms with Crippen molar-refractivity contribution in [2.45, 2.75) is 44.7 Å². The quantitative estimate of drug-likeness (QED) is 0.294. The average molecular weight is 523 g/mol. The third-order valence-corrected chi connectivity index (χ3v) is 5.38. The highest BCUT2D eigenvalue weighted by atomic mass is 127. The molecule has 0 aliphatic heterocycles. The molecule has 7 nitrogen and oxygen atoms in total. The molecule has 0 aliphatic carbocycles. The molecule has 4 N–H and O–H groups in total. The first kappa shape index (κ1) is 23.8. The predicted molar refractivity (Wildman–Crippen MR) is 121 cm³/mol. The largest absolute Gasteiger partial charge is 0.357 e. The molecule has 0 amide bonds. The molecule has 0 radical (unpaired) electrons. The van der Waals surface area contributed by atoms with E-state index in [1.54, 1.807) is 23.5 Å². The van der Waals surface area contributed by atoms with Gasteiger partial charge in [0.05, 0.1) is 23.7 Å². The van der Waals surface area contributed by atoms with Crippen molar-refractivity contribution >= 4 is 51.3 Å². The van der Waals surface area contributed by atoms with E-state index in [1.807, 2.05) is 6.92 Å². The maximum atomic E-state index is 11.3. The van der Waals surface area contributed by atoms with Gasteiger partial charge < -0.3 is 10.6 Å². The second kappa shape index (κ2) is 10.9. The van der Waals surface area contributed by atoms with Crippen LogP contribution in [0.5, 0.6) is 0 Å². The third kappa shape index (κ3) is 7.72. The minimum absolute atomic E-state index is 0. The van der Waals surface area contributed by atoms with Gasteiger partial charge in [0.15, 0.2) is 5.96 Å². The number of primary sulfonamides is 1. The van der Waals surface area contributed by atoms with Crippen LogP contribution in [0.1, 0.15) is 43.0 Å². The summed E-state index contributed by atoms with van der Waals surface area (Å²) in [5, 5.41) is 14.7. The molecular formula is C17H26IN5O2S2. The van der Waals surface area contributed by atoms with Crippen molar-refractivity contribution in [3.63, 3.8) is 0 Å². The van der Waals surface area contributed by atoms with Crippen LogP contribution in [-0.2, 0) is 23.1 Å². The lowest BCUT2D eigenvalue weighted by molar-refractivity contribution is 0.598. The van der Waals surface area contributed by atoms with Crippen LogP contribution >= 0.6 is 35.3 Å². The van der Waals surface area contributed by atoms with Crippen LogP contribution in [0.3, 0.4) is 0 Å². The first-order valence-corrected chi connectivity index (χ1v) is 10.8. The van der Waals surface area contributed by atoms with E-state index < -0.39 is 10.0 Å². The number of hydrogen-bond acceptors (Lipinski definition) is 5. The van der Waals surface area contributed by atoms with Gasteiger partial charge in [-0.2, -0.15) is 0 Å². The molecule has 0 atom stereocenters. The van der Waals surface area contributed by atoms with Crippen LogP contribution in [0.25, 0.3) is 0 Å². The Morgan fingerprint density at radius 2 is 1.93 bits per heavy atom. The van der Waals surface area contributed by atoms with Crippen molar-refractivity contribution in [2.75, 3.05) is 6.54 Å². The molecule has 0 spiro atoms. The summed E-state index contributed by atoms with van der Waals surface area (Å²) in [6, 6.07) is 6.40. The Hall–Kier alpha value is -1.24. The maximum Gasteiger partial charge on any atom is 0.238 e. The summed E-state index contributed by atoms with van der Waals surface area (Å²) >= 11 is 1.63. The molecule has 2 rings (SSSR count). The van der Waals surface area contributed by atoms with Gasteiger partial charge >= 0.3 is 0 Å². The number of halogens is 1. The lowest BCUT2D eigenvalue weighted by atomic mass is 10.2. The Balaban J connectivity index is 0.00000364. The zero-order chi connectivity index (χ0) is 19.2. The number of sulfonamides is 1. The number of nitrogens with zero attached hydrogens (tertiary/aromatic N) is 2. The number of guanidine groups is 1. The number of aliphatic imine (C=N–C) groups is 1. The van der Waals surface area contributed by atoms with Crippen molar-refractivity contribution in [3.8, 4) is 0 Å². The first-order chi connectivity index (χ1) is 12.3. The number of aromatic nitrogens is 1. The summed E-state index contributed by atoms with van der Waals surface area (Å²) in [6.07, 6.45) is 0. The van der Waals surface area contributed by atoms with Gasteiger partial charge in [-0.25, -0.2) is 23.5 Å². The van der Waals surface area contributed by atoms with Crippen molar-refractivity contribution in [1.29, 1.82) is 0 Å². The van der Waals surface area contributed by atoms with Crippen molar-refractivity contribution in [1.82, 2.24) is 15.6 Å². The highest BCUT2D eigenvalue weighted by Crippen LogP contribution is 2.17. The molecule has 0 unspecified atom stereocenters. The Kier molecular flexibility index (Phi) is 9.63. The molecule has 0 fully saturated rings. The Morgan fingerprint density at radius 3 is 2.44 bits per heavy atom. The smallest absolute Gasteiger partial charge is 0.238 e. The molecule has 1 aromatic heterocycles. The molecule has 10 heteroatoms. The van der Waals surface area contributed by atoms with Crippen LogP contribution < -0.4 is 15.8 Å². The number of rotatable bonds is 7. The van der Waals surface area contributed by atoms with Crippen LogP contribution in [0.2, 0.25) is 0 Å². The second-order valence-electron chi connectivity index (χ2n) is 6.06. The summed E-state index contributed by atoms with van der Waals surface area (Å²) in [6.45, 7) is 8.02. The first-order valence-electron chi connectivity index (χ1n) is 8.37. The third-order valence-electron chi connectivity index (χ3n) is 3.58. The zero-order valence-electron chi connectivity index (χ0n) is 15.6. The normalized spacial score (nSPS) is 12.0. The molecule has 1 aromatic carbocycles. The van der Waals surface area contributed by atoms with E-state index in [2.05, 4.69) is 39.8 Å². The number of hydrogen-bond donors (Lipinski definition) is 3. The lowest BCUT2D eigenvalue weighted by Crippen LogP contribution is -2.36. The summed E-state index contributed by atoms with van der Waals surface area (Å²) in [5.41, 5.74) is 2.00. The highest BCUT2D eigenvalue weighted by Gasteiger charge is 2.08. The van der Waals surface area contributed by atoms with E-state index in [1.165, 1.54) is 12.1 Å². The number of nitrogens with one attached hydrogen (secondary N) is 2.